The van der Waals surface area contributed by atoms with Crippen LogP contribution in [0.5, 0.6) is 0 Å². The summed E-state index contributed by atoms with van der Waals surface area (Å²) in [5.74, 6) is -3.34. The molecule has 118 valence electrons. The average Bonchev–Trinajstić information content (AvgIpc) is 3.30. The number of ether oxygens (including phenoxy) is 1. The second-order valence-electron chi connectivity index (χ2n) is 5.45. The number of halogens is 3. The van der Waals surface area contributed by atoms with E-state index < -0.39 is 23.5 Å². The largest absolute Gasteiger partial charge is 0.376 e. The minimum absolute atomic E-state index is 0.146. The fourth-order valence-electron chi connectivity index (χ4n) is 2.61. The lowest BCUT2D eigenvalue weighted by Crippen LogP contribution is -2.36. The lowest BCUT2D eigenvalue weighted by atomic mass is 9.96. The molecule has 0 aliphatic heterocycles. The van der Waals surface area contributed by atoms with E-state index in [4.69, 9.17) is 4.74 Å². The van der Waals surface area contributed by atoms with Crippen LogP contribution in [-0.2, 0) is 4.74 Å². The van der Waals surface area contributed by atoms with Gasteiger partial charge < -0.3 is 10.1 Å². The van der Waals surface area contributed by atoms with E-state index in [2.05, 4.69) is 5.32 Å². The first kappa shape index (κ1) is 16.3. The summed E-state index contributed by atoms with van der Waals surface area (Å²) in [6.45, 7) is 5.06. The van der Waals surface area contributed by atoms with Gasteiger partial charge in [0.15, 0.2) is 17.5 Å². The zero-order chi connectivity index (χ0) is 15.4. The Morgan fingerprint density at radius 2 is 1.90 bits per heavy atom. The second kappa shape index (κ2) is 7.27. The van der Waals surface area contributed by atoms with Gasteiger partial charge in [0.1, 0.15) is 0 Å². The maximum absolute atomic E-state index is 14.1. The van der Waals surface area contributed by atoms with E-state index in [1.807, 2.05) is 13.8 Å². The van der Waals surface area contributed by atoms with Gasteiger partial charge in [0.25, 0.3) is 0 Å². The van der Waals surface area contributed by atoms with Crippen LogP contribution in [0.1, 0.15) is 44.7 Å². The molecule has 2 rings (SSSR count). The third-order valence-electron chi connectivity index (χ3n) is 3.79. The molecule has 0 spiro atoms. The molecular formula is C16H22F3NO. The molecule has 1 N–H and O–H groups in total. The van der Waals surface area contributed by atoms with Crippen molar-refractivity contribution in [3.8, 4) is 0 Å². The lowest BCUT2D eigenvalue weighted by molar-refractivity contribution is 0.0175. The quantitative estimate of drug-likeness (QED) is 0.734. The van der Waals surface area contributed by atoms with Gasteiger partial charge in [0.2, 0.25) is 0 Å². The Hall–Kier alpha value is -1.07. The van der Waals surface area contributed by atoms with E-state index in [9.17, 15) is 13.2 Å². The molecule has 1 aliphatic rings. The van der Waals surface area contributed by atoms with E-state index in [-0.39, 0.29) is 11.7 Å². The van der Waals surface area contributed by atoms with Crippen molar-refractivity contribution in [2.45, 2.75) is 45.3 Å². The normalized spacial score (nSPS) is 17.8. The molecule has 1 aromatic rings. The smallest absolute Gasteiger partial charge is 0.194 e. The molecule has 0 aromatic heterocycles. The van der Waals surface area contributed by atoms with Crippen LogP contribution in [0.2, 0.25) is 0 Å². The Kier molecular flexibility index (Phi) is 5.65. The minimum atomic E-state index is -1.41. The van der Waals surface area contributed by atoms with Crippen LogP contribution in [0.4, 0.5) is 13.2 Å². The molecule has 1 aliphatic carbocycles. The second-order valence-corrected chi connectivity index (χ2v) is 5.45. The van der Waals surface area contributed by atoms with Crippen LogP contribution in [0.3, 0.4) is 0 Å². The first-order valence-corrected chi connectivity index (χ1v) is 7.58. The molecule has 1 saturated carbocycles. The Bertz CT molecular complexity index is 477. The van der Waals surface area contributed by atoms with E-state index >= 15 is 0 Å². The summed E-state index contributed by atoms with van der Waals surface area (Å²) in [7, 11) is 0. The van der Waals surface area contributed by atoms with Gasteiger partial charge in [-0.15, -0.1) is 0 Å². The van der Waals surface area contributed by atoms with Crippen molar-refractivity contribution >= 4 is 0 Å². The highest BCUT2D eigenvalue weighted by atomic mass is 19.2. The number of nitrogens with one attached hydrogen (secondary N) is 1. The maximum Gasteiger partial charge on any atom is 0.194 e. The molecule has 2 atom stereocenters. The molecule has 21 heavy (non-hydrogen) atoms. The summed E-state index contributed by atoms with van der Waals surface area (Å²) in [5.41, 5.74) is 0.146. The molecule has 2 nitrogen and oxygen atoms in total. The Balaban J connectivity index is 2.32. The molecule has 0 radical (unpaired) electrons. The van der Waals surface area contributed by atoms with Crippen LogP contribution < -0.4 is 5.32 Å². The van der Waals surface area contributed by atoms with Crippen molar-refractivity contribution in [1.82, 2.24) is 5.32 Å². The predicted molar refractivity (Wildman–Crippen MR) is 75.5 cm³/mol. The Morgan fingerprint density at radius 1 is 1.19 bits per heavy atom. The summed E-state index contributed by atoms with van der Waals surface area (Å²) >= 11 is 0. The molecule has 5 heteroatoms. The molecule has 0 saturated heterocycles. The third-order valence-corrected chi connectivity index (χ3v) is 3.79. The van der Waals surface area contributed by atoms with Crippen molar-refractivity contribution in [2.75, 3.05) is 13.2 Å². The molecule has 0 amide bonds. The monoisotopic (exact) mass is 301 g/mol. The first-order chi connectivity index (χ1) is 10.1. The number of benzene rings is 1. The number of rotatable bonds is 8. The highest BCUT2D eigenvalue weighted by Crippen LogP contribution is 2.40. The molecular weight excluding hydrogens is 279 g/mol. The molecule has 2 unspecified atom stereocenters. The van der Waals surface area contributed by atoms with Crippen LogP contribution in [0.25, 0.3) is 0 Å². The summed E-state index contributed by atoms with van der Waals surface area (Å²) in [4.78, 5) is 0. The van der Waals surface area contributed by atoms with Gasteiger partial charge in [-0.05, 0) is 44.7 Å². The maximum atomic E-state index is 14.1. The van der Waals surface area contributed by atoms with Crippen molar-refractivity contribution in [2.24, 2.45) is 5.92 Å². The van der Waals surface area contributed by atoms with Gasteiger partial charge in [0.05, 0.1) is 12.1 Å². The zero-order valence-electron chi connectivity index (χ0n) is 12.5. The van der Waals surface area contributed by atoms with E-state index in [1.165, 1.54) is 6.07 Å². The topological polar surface area (TPSA) is 21.3 Å². The molecule has 0 bridgehead atoms. The minimum Gasteiger partial charge on any atom is -0.376 e. The Morgan fingerprint density at radius 3 is 2.48 bits per heavy atom. The van der Waals surface area contributed by atoms with Crippen LogP contribution >= 0.6 is 0 Å². The fraction of sp³-hybridized carbons (Fsp3) is 0.625. The van der Waals surface area contributed by atoms with Gasteiger partial charge >= 0.3 is 0 Å². The standard InChI is InChI=1S/C16H22F3NO/c1-3-9-20-15(16(21-4-2)10-5-6-10)11-7-8-12(17)14(19)13(11)18/h7-8,10,15-16,20H,3-6,9H2,1-2H3. The predicted octanol–water partition coefficient (Wildman–Crippen LogP) is 3.96. The third kappa shape index (κ3) is 3.77. The molecule has 1 aromatic carbocycles. The van der Waals surface area contributed by atoms with E-state index in [1.54, 1.807) is 0 Å². The summed E-state index contributed by atoms with van der Waals surface area (Å²) < 4.78 is 46.5. The van der Waals surface area contributed by atoms with Crippen molar-refractivity contribution in [3.63, 3.8) is 0 Å². The van der Waals surface area contributed by atoms with E-state index in [0.717, 1.165) is 25.3 Å². The van der Waals surface area contributed by atoms with E-state index in [0.29, 0.717) is 19.1 Å². The number of hydrogen-bond acceptors (Lipinski definition) is 2. The summed E-state index contributed by atoms with van der Waals surface area (Å²) in [5, 5.41) is 3.23. The lowest BCUT2D eigenvalue weighted by Gasteiger charge is -2.29. The van der Waals surface area contributed by atoms with Crippen LogP contribution in [0, 0.1) is 23.4 Å². The Labute approximate surface area is 123 Å². The van der Waals surface area contributed by atoms with Crippen molar-refractivity contribution < 1.29 is 17.9 Å². The number of hydrogen-bond donors (Lipinski definition) is 1. The SMILES string of the molecule is CCCNC(c1ccc(F)c(F)c1F)C(OCC)C1CC1. The highest BCUT2D eigenvalue weighted by molar-refractivity contribution is 5.25. The van der Waals surface area contributed by atoms with Gasteiger partial charge in [0, 0.05) is 12.2 Å². The van der Waals surface area contributed by atoms with Crippen LogP contribution in [-0.4, -0.2) is 19.3 Å². The van der Waals surface area contributed by atoms with Gasteiger partial charge in [-0.3, -0.25) is 0 Å². The average molecular weight is 301 g/mol. The molecule has 0 heterocycles. The first-order valence-electron chi connectivity index (χ1n) is 7.58. The van der Waals surface area contributed by atoms with Crippen molar-refractivity contribution in [3.05, 3.63) is 35.1 Å². The fourth-order valence-corrected chi connectivity index (χ4v) is 2.61. The van der Waals surface area contributed by atoms with Gasteiger partial charge in [-0.2, -0.15) is 0 Å². The van der Waals surface area contributed by atoms with Crippen LogP contribution in [0.15, 0.2) is 12.1 Å². The molecule has 1 fully saturated rings. The van der Waals surface area contributed by atoms with Gasteiger partial charge in [-0.1, -0.05) is 13.0 Å². The highest BCUT2D eigenvalue weighted by Gasteiger charge is 2.39. The van der Waals surface area contributed by atoms with Gasteiger partial charge in [-0.25, -0.2) is 13.2 Å². The van der Waals surface area contributed by atoms with Crippen molar-refractivity contribution in [1.29, 1.82) is 0 Å². The summed E-state index contributed by atoms with van der Waals surface area (Å²) in [6, 6.07) is 1.84. The zero-order valence-corrected chi connectivity index (χ0v) is 12.5. The summed E-state index contributed by atoms with van der Waals surface area (Å²) in [6.07, 6.45) is 2.71.